The van der Waals surface area contributed by atoms with E-state index in [0.717, 1.165) is 6.42 Å². The lowest BCUT2D eigenvalue weighted by Crippen LogP contribution is -2.50. The van der Waals surface area contributed by atoms with Gasteiger partial charge in [-0.05, 0) is 53.5 Å². The largest absolute Gasteiger partial charge is 0.464 e. The number of hydrogen-bond donors (Lipinski definition) is 1. The number of nitrogens with zero attached hydrogens (tertiary/aromatic N) is 2. The first-order valence-electron chi connectivity index (χ1n) is 9.36. The molecule has 1 heterocycles. The molecule has 2 amide bonds. The lowest BCUT2D eigenvalue weighted by Gasteiger charge is -2.28. The highest BCUT2D eigenvalue weighted by atomic mass is 16.5. The third-order valence-corrected chi connectivity index (χ3v) is 4.34. The van der Waals surface area contributed by atoms with Gasteiger partial charge in [-0.2, -0.15) is 0 Å². The SMILES string of the molecule is CCCN(CC(=O)c1c(C)c(C(=O)OC)n(CC)c1C)C(=O)NC(C)(C)C. The van der Waals surface area contributed by atoms with Crippen LogP contribution in [0, 0.1) is 13.8 Å². The summed E-state index contributed by atoms with van der Waals surface area (Å²) in [7, 11) is 1.32. The highest BCUT2D eigenvalue weighted by Gasteiger charge is 2.28. The summed E-state index contributed by atoms with van der Waals surface area (Å²) < 4.78 is 6.66. The fraction of sp³-hybridized carbons (Fsp3) is 0.650. The van der Waals surface area contributed by atoms with Crippen molar-refractivity contribution in [1.82, 2.24) is 14.8 Å². The van der Waals surface area contributed by atoms with E-state index in [1.807, 2.05) is 41.5 Å². The topological polar surface area (TPSA) is 80.6 Å². The summed E-state index contributed by atoms with van der Waals surface area (Å²) in [5.74, 6) is -0.646. The molecule has 0 spiro atoms. The van der Waals surface area contributed by atoms with Crippen molar-refractivity contribution in [2.24, 2.45) is 0 Å². The highest BCUT2D eigenvalue weighted by Crippen LogP contribution is 2.24. The molecule has 0 bridgehead atoms. The molecular weight excluding hydrogens is 346 g/mol. The van der Waals surface area contributed by atoms with Gasteiger partial charge in [-0.25, -0.2) is 9.59 Å². The van der Waals surface area contributed by atoms with Gasteiger partial charge >= 0.3 is 12.0 Å². The second-order valence-corrected chi connectivity index (χ2v) is 7.69. The second-order valence-electron chi connectivity index (χ2n) is 7.69. The number of aromatic nitrogens is 1. The van der Waals surface area contributed by atoms with E-state index >= 15 is 0 Å². The second kappa shape index (κ2) is 9.06. The van der Waals surface area contributed by atoms with Gasteiger partial charge in [0.25, 0.3) is 0 Å². The van der Waals surface area contributed by atoms with E-state index in [4.69, 9.17) is 4.74 Å². The number of methoxy groups -OCH3 is 1. The number of carbonyl (C=O) groups is 3. The summed E-state index contributed by atoms with van der Waals surface area (Å²) in [4.78, 5) is 39.3. The molecule has 0 aromatic carbocycles. The Hall–Kier alpha value is -2.31. The van der Waals surface area contributed by atoms with Gasteiger partial charge in [0, 0.05) is 29.9 Å². The van der Waals surface area contributed by atoms with Gasteiger partial charge in [0.05, 0.1) is 13.7 Å². The average molecular weight is 380 g/mol. The van der Waals surface area contributed by atoms with Crippen LogP contribution >= 0.6 is 0 Å². The zero-order valence-electron chi connectivity index (χ0n) is 17.9. The van der Waals surface area contributed by atoms with E-state index < -0.39 is 5.97 Å². The van der Waals surface area contributed by atoms with E-state index in [1.54, 1.807) is 11.5 Å². The maximum atomic E-state index is 13.0. The Kier molecular flexibility index (Phi) is 7.63. The van der Waals surface area contributed by atoms with E-state index in [9.17, 15) is 14.4 Å². The first kappa shape index (κ1) is 22.7. The molecule has 27 heavy (non-hydrogen) atoms. The maximum Gasteiger partial charge on any atom is 0.354 e. The maximum absolute atomic E-state index is 13.0. The van der Waals surface area contributed by atoms with Crippen LogP contribution in [0.5, 0.6) is 0 Å². The third-order valence-electron chi connectivity index (χ3n) is 4.34. The van der Waals surface area contributed by atoms with Gasteiger partial charge in [-0.15, -0.1) is 0 Å². The molecule has 1 N–H and O–H groups in total. The van der Waals surface area contributed by atoms with Crippen LogP contribution in [0.4, 0.5) is 4.79 Å². The van der Waals surface area contributed by atoms with Crippen LogP contribution < -0.4 is 5.32 Å². The summed E-state index contributed by atoms with van der Waals surface area (Å²) >= 11 is 0. The Morgan fingerprint density at radius 3 is 2.19 bits per heavy atom. The third kappa shape index (κ3) is 5.34. The van der Waals surface area contributed by atoms with Gasteiger partial charge in [0.2, 0.25) is 0 Å². The minimum Gasteiger partial charge on any atom is -0.464 e. The Bertz CT molecular complexity index is 714. The monoisotopic (exact) mass is 379 g/mol. The molecule has 1 rings (SSSR count). The molecule has 0 fully saturated rings. The van der Waals surface area contributed by atoms with E-state index in [2.05, 4.69) is 5.32 Å². The number of carbonyl (C=O) groups excluding carboxylic acids is 3. The van der Waals surface area contributed by atoms with Gasteiger partial charge in [0.1, 0.15) is 5.69 Å². The van der Waals surface area contributed by atoms with Gasteiger partial charge in [0.15, 0.2) is 5.78 Å². The number of esters is 1. The lowest BCUT2D eigenvalue weighted by atomic mass is 10.0. The number of ketones is 1. The van der Waals surface area contributed by atoms with E-state index in [1.165, 1.54) is 12.0 Å². The van der Waals surface area contributed by atoms with Crippen molar-refractivity contribution in [2.45, 2.75) is 67.0 Å². The van der Waals surface area contributed by atoms with E-state index in [-0.39, 0.29) is 23.9 Å². The Morgan fingerprint density at radius 2 is 1.74 bits per heavy atom. The minimum absolute atomic E-state index is 0.0359. The summed E-state index contributed by atoms with van der Waals surface area (Å²) in [6.07, 6.45) is 0.742. The first-order valence-corrected chi connectivity index (χ1v) is 9.36. The number of Topliss-reactive ketones (excluding diaryl/α,β-unsaturated/α-hetero) is 1. The molecule has 0 radical (unpaired) electrons. The molecule has 0 aliphatic heterocycles. The normalized spacial score (nSPS) is 11.3. The Balaban J connectivity index is 3.22. The van der Waals surface area contributed by atoms with Crippen LogP contribution in [0.2, 0.25) is 0 Å². The number of ether oxygens (including phenoxy) is 1. The predicted molar refractivity (Wildman–Crippen MR) is 105 cm³/mol. The molecule has 1 aromatic heterocycles. The molecule has 0 saturated heterocycles. The summed E-state index contributed by atoms with van der Waals surface area (Å²) in [6.45, 7) is 14.1. The zero-order valence-corrected chi connectivity index (χ0v) is 17.9. The van der Waals surface area contributed by atoms with Crippen molar-refractivity contribution in [3.05, 3.63) is 22.5 Å². The lowest BCUT2D eigenvalue weighted by molar-refractivity contribution is 0.0587. The molecule has 7 heteroatoms. The Labute approximate surface area is 162 Å². The average Bonchev–Trinajstić information content (AvgIpc) is 2.82. The van der Waals surface area contributed by atoms with Crippen LogP contribution in [-0.2, 0) is 11.3 Å². The summed E-state index contributed by atoms with van der Waals surface area (Å²) in [5.41, 5.74) is 1.80. The molecule has 0 aliphatic rings. The molecule has 7 nitrogen and oxygen atoms in total. The van der Waals surface area contributed by atoms with Gasteiger partial charge in [-0.1, -0.05) is 6.92 Å². The predicted octanol–water partition coefficient (Wildman–Crippen LogP) is 3.31. The molecule has 0 saturated carbocycles. The van der Waals surface area contributed by atoms with Crippen molar-refractivity contribution in [2.75, 3.05) is 20.2 Å². The van der Waals surface area contributed by atoms with Crippen LogP contribution in [-0.4, -0.2) is 53.0 Å². The van der Waals surface area contributed by atoms with Crippen LogP contribution in [0.3, 0.4) is 0 Å². The number of rotatable bonds is 7. The minimum atomic E-state index is -0.465. The molecule has 1 aromatic rings. The summed E-state index contributed by atoms with van der Waals surface area (Å²) in [5, 5.41) is 2.90. The fourth-order valence-corrected chi connectivity index (χ4v) is 3.24. The number of hydrogen-bond acceptors (Lipinski definition) is 4. The Morgan fingerprint density at radius 1 is 1.15 bits per heavy atom. The number of amides is 2. The molecular formula is C20H33N3O4. The molecule has 0 atom stereocenters. The van der Waals surface area contributed by atoms with Crippen molar-refractivity contribution in [3.63, 3.8) is 0 Å². The molecule has 0 aliphatic carbocycles. The van der Waals surface area contributed by atoms with E-state index in [0.29, 0.717) is 35.6 Å². The van der Waals surface area contributed by atoms with Crippen molar-refractivity contribution in [3.8, 4) is 0 Å². The van der Waals surface area contributed by atoms with Gasteiger partial charge < -0.3 is 19.5 Å². The van der Waals surface area contributed by atoms with Crippen LogP contribution in [0.25, 0.3) is 0 Å². The van der Waals surface area contributed by atoms with Crippen LogP contribution in [0.1, 0.15) is 73.1 Å². The number of nitrogens with one attached hydrogen (secondary N) is 1. The zero-order chi connectivity index (χ0) is 20.9. The van der Waals surface area contributed by atoms with Gasteiger partial charge in [-0.3, -0.25) is 4.79 Å². The highest BCUT2D eigenvalue weighted by molar-refractivity contribution is 6.04. The standard InChI is InChI=1S/C20H33N3O4/c1-9-11-22(19(26)21-20(5,6)7)12-15(24)16-13(3)17(18(25)27-8)23(10-2)14(16)4/h9-12H2,1-8H3,(H,21,26). The van der Waals surface area contributed by atoms with Crippen LogP contribution in [0.15, 0.2) is 0 Å². The molecule has 0 unspecified atom stereocenters. The smallest absolute Gasteiger partial charge is 0.354 e. The first-order chi connectivity index (χ1) is 12.5. The van der Waals surface area contributed by atoms with Crippen molar-refractivity contribution < 1.29 is 19.1 Å². The number of urea groups is 1. The van der Waals surface area contributed by atoms with Crippen molar-refractivity contribution in [1.29, 1.82) is 0 Å². The summed E-state index contributed by atoms with van der Waals surface area (Å²) in [6, 6.07) is -0.267. The fourth-order valence-electron chi connectivity index (χ4n) is 3.24. The quantitative estimate of drug-likeness (QED) is 0.582. The van der Waals surface area contributed by atoms with Crippen molar-refractivity contribution >= 4 is 17.8 Å². The molecule has 152 valence electrons.